The Morgan fingerprint density at radius 2 is 1.59 bits per heavy atom. The van der Waals surface area contributed by atoms with E-state index in [1.54, 1.807) is 7.11 Å². The van der Waals surface area contributed by atoms with E-state index in [0.29, 0.717) is 33.0 Å². The molecule has 0 atom stereocenters. The van der Waals surface area contributed by atoms with Crippen molar-refractivity contribution in [2.75, 3.05) is 53.3 Å². The number of rotatable bonds is 12. The van der Waals surface area contributed by atoms with Crippen molar-refractivity contribution in [3.8, 4) is 0 Å². The van der Waals surface area contributed by atoms with Gasteiger partial charge >= 0.3 is 0 Å². The second-order valence-corrected chi connectivity index (χ2v) is 4.50. The van der Waals surface area contributed by atoms with Crippen LogP contribution in [0.3, 0.4) is 0 Å². The minimum absolute atomic E-state index is 0.0346. The van der Waals surface area contributed by atoms with Crippen molar-refractivity contribution in [1.82, 2.24) is 5.32 Å². The highest BCUT2D eigenvalue weighted by Crippen LogP contribution is 2.05. The molecule has 5 heteroatoms. The highest BCUT2D eigenvalue weighted by atomic mass is 16.5. The van der Waals surface area contributed by atoms with Gasteiger partial charge < -0.3 is 24.6 Å². The van der Waals surface area contributed by atoms with Crippen molar-refractivity contribution in [1.29, 1.82) is 0 Å². The Kier molecular flexibility index (Phi) is 10.8. The molecular formula is C12H27NO4. The van der Waals surface area contributed by atoms with Crippen molar-refractivity contribution in [2.45, 2.75) is 25.8 Å². The van der Waals surface area contributed by atoms with Crippen LogP contribution in [0.25, 0.3) is 0 Å². The first kappa shape index (κ1) is 16.8. The molecule has 0 spiro atoms. The second-order valence-electron chi connectivity index (χ2n) is 4.50. The molecule has 0 aromatic rings. The normalized spacial score (nSPS) is 12.0. The van der Waals surface area contributed by atoms with Gasteiger partial charge in [-0.1, -0.05) is 0 Å². The molecule has 0 aliphatic heterocycles. The van der Waals surface area contributed by atoms with Crippen LogP contribution >= 0.6 is 0 Å². The van der Waals surface area contributed by atoms with E-state index in [9.17, 15) is 0 Å². The predicted molar refractivity (Wildman–Crippen MR) is 67.3 cm³/mol. The maximum atomic E-state index is 8.85. The van der Waals surface area contributed by atoms with E-state index in [1.807, 2.05) is 0 Å². The van der Waals surface area contributed by atoms with Crippen LogP contribution in [0.5, 0.6) is 0 Å². The molecule has 0 bridgehead atoms. The van der Waals surface area contributed by atoms with Crippen LogP contribution < -0.4 is 5.32 Å². The average Bonchev–Trinajstić information content (AvgIpc) is 2.27. The molecule has 2 N–H and O–H groups in total. The summed E-state index contributed by atoms with van der Waals surface area (Å²) in [5.41, 5.74) is -0.0346. The SMILES string of the molecule is COCCOCCOCCNC(C)(C)CCO. The van der Waals surface area contributed by atoms with Crippen molar-refractivity contribution < 1.29 is 19.3 Å². The van der Waals surface area contributed by atoms with Gasteiger partial charge in [0.1, 0.15) is 0 Å². The molecular weight excluding hydrogens is 222 g/mol. The molecule has 0 heterocycles. The second kappa shape index (κ2) is 10.9. The van der Waals surface area contributed by atoms with E-state index in [1.165, 1.54) is 0 Å². The number of ether oxygens (including phenoxy) is 3. The third kappa shape index (κ3) is 12.1. The maximum absolute atomic E-state index is 8.85. The van der Waals surface area contributed by atoms with E-state index in [0.717, 1.165) is 13.0 Å². The molecule has 17 heavy (non-hydrogen) atoms. The van der Waals surface area contributed by atoms with Crippen molar-refractivity contribution in [2.24, 2.45) is 0 Å². The molecule has 0 aromatic carbocycles. The molecule has 0 saturated heterocycles. The first-order chi connectivity index (χ1) is 8.12. The Morgan fingerprint density at radius 1 is 1.00 bits per heavy atom. The molecule has 0 aromatic heterocycles. The Balaban J connectivity index is 3.18. The lowest BCUT2D eigenvalue weighted by molar-refractivity contribution is 0.0244. The van der Waals surface area contributed by atoms with Gasteiger partial charge in [0.25, 0.3) is 0 Å². The fourth-order valence-electron chi connectivity index (χ4n) is 1.29. The average molecular weight is 249 g/mol. The number of methoxy groups -OCH3 is 1. The third-order valence-electron chi connectivity index (χ3n) is 2.39. The monoisotopic (exact) mass is 249 g/mol. The zero-order valence-electron chi connectivity index (χ0n) is 11.3. The molecule has 0 amide bonds. The molecule has 0 saturated carbocycles. The van der Waals surface area contributed by atoms with Gasteiger partial charge in [-0.15, -0.1) is 0 Å². The van der Waals surface area contributed by atoms with Crippen LogP contribution in [-0.4, -0.2) is 63.9 Å². The molecule has 0 fully saturated rings. The molecule has 0 unspecified atom stereocenters. The Morgan fingerprint density at radius 3 is 2.18 bits per heavy atom. The highest BCUT2D eigenvalue weighted by molar-refractivity contribution is 4.76. The number of hydrogen-bond acceptors (Lipinski definition) is 5. The van der Waals surface area contributed by atoms with E-state index in [2.05, 4.69) is 19.2 Å². The van der Waals surface area contributed by atoms with Gasteiger partial charge in [-0.2, -0.15) is 0 Å². The standard InChI is InChI=1S/C12H27NO4/c1-12(2,4-6-14)13-5-7-16-10-11-17-9-8-15-3/h13-14H,4-11H2,1-3H3. The number of aliphatic hydroxyl groups is 1. The van der Waals surface area contributed by atoms with Crippen molar-refractivity contribution in [3.05, 3.63) is 0 Å². The maximum Gasteiger partial charge on any atom is 0.0701 e. The Bertz CT molecular complexity index is 165. The van der Waals surface area contributed by atoms with Gasteiger partial charge in [0.05, 0.1) is 33.0 Å². The largest absolute Gasteiger partial charge is 0.396 e. The van der Waals surface area contributed by atoms with E-state index < -0.39 is 0 Å². The molecule has 0 rings (SSSR count). The van der Waals surface area contributed by atoms with E-state index in [4.69, 9.17) is 19.3 Å². The summed E-state index contributed by atoms with van der Waals surface area (Å²) in [6.45, 7) is 8.21. The number of nitrogens with one attached hydrogen (secondary N) is 1. The van der Waals surface area contributed by atoms with Crippen LogP contribution in [0.2, 0.25) is 0 Å². The smallest absolute Gasteiger partial charge is 0.0701 e. The summed E-state index contributed by atoms with van der Waals surface area (Å²) >= 11 is 0. The lowest BCUT2D eigenvalue weighted by Gasteiger charge is -2.25. The summed E-state index contributed by atoms with van der Waals surface area (Å²) in [4.78, 5) is 0. The minimum atomic E-state index is -0.0346. The predicted octanol–water partition coefficient (Wildman–Crippen LogP) is 0.417. The fraction of sp³-hybridized carbons (Fsp3) is 1.00. The molecule has 104 valence electrons. The summed E-state index contributed by atoms with van der Waals surface area (Å²) in [5, 5.41) is 12.2. The first-order valence-corrected chi connectivity index (χ1v) is 6.12. The van der Waals surface area contributed by atoms with Crippen molar-refractivity contribution in [3.63, 3.8) is 0 Å². The van der Waals surface area contributed by atoms with E-state index in [-0.39, 0.29) is 12.1 Å². The van der Waals surface area contributed by atoms with Crippen molar-refractivity contribution >= 4 is 0 Å². The van der Waals surface area contributed by atoms with Gasteiger partial charge in [0.15, 0.2) is 0 Å². The summed E-state index contributed by atoms with van der Waals surface area (Å²) < 4.78 is 15.5. The quantitative estimate of drug-likeness (QED) is 0.491. The van der Waals surface area contributed by atoms with Crippen LogP contribution in [0, 0.1) is 0 Å². The van der Waals surface area contributed by atoms with Gasteiger partial charge in [0.2, 0.25) is 0 Å². The lowest BCUT2D eigenvalue weighted by atomic mass is 10.0. The Hall–Kier alpha value is -0.200. The lowest BCUT2D eigenvalue weighted by Crippen LogP contribution is -2.41. The van der Waals surface area contributed by atoms with Gasteiger partial charge in [0, 0.05) is 25.8 Å². The van der Waals surface area contributed by atoms with Crippen LogP contribution in [0.15, 0.2) is 0 Å². The summed E-state index contributed by atoms with van der Waals surface area (Å²) in [5.74, 6) is 0. The molecule has 0 aliphatic rings. The molecule has 0 aliphatic carbocycles. The van der Waals surface area contributed by atoms with Crippen LogP contribution in [0.4, 0.5) is 0 Å². The van der Waals surface area contributed by atoms with Gasteiger partial charge in [-0.3, -0.25) is 0 Å². The highest BCUT2D eigenvalue weighted by Gasteiger charge is 2.14. The topological polar surface area (TPSA) is 60.0 Å². The van der Waals surface area contributed by atoms with Gasteiger partial charge in [-0.25, -0.2) is 0 Å². The first-order valence-electron chi connectivity index (χ1n) is 6.12. The zero-order valence-corrected chi connectivity index (χ0v) is 11.3. The number of hydrogen-bond donors (Lipinski definition) is 2. The van der Waals surface area contributed by atoms with Crippen LogP contribution in [-0.2, 0) is 14.2 Å². The molecule has 5 nitrogen and oxygen atoms in total. The summed E-state index contributed by atoms with van der Waals surface area (Å²) in [7, 11) is 1.65. The Labute approximate surface area is 104 Å². The zero-order chi connectivity index (χ0) is 13.0. The molecule has 0 radical (unpaired) electrons. The van der Waals surface area contributed by atoms with E-state index >= 15 is 0 Å². The van der Waals surface area contributed by atoms with Gasteiger partial charge in [-0.05, 0) is 20.3 Å². The minimum Gasteiger partial charge on any atom is -0.396 e. The van der Waals surface area contributed by atoms with Crippen LogP contribution in [0.1, 0.15) is 20.3 Å². The summed E-state index contributed by atoms with van der Waals surface area (Å²) in [6.07, 6.45) is 0.743. The third-order valence-corrected chi connectivity index (χ3v) is 2.39. The number of aliphatic hydroxyl groups excluding tert-OH is 1. The summed E-state index contributed by atoms with van der Waals surface area (Å²) in [6, 6.07) is 0. The fourth-order valence-corrected chi connectivity index (χ4v) is 1.29.